The van der Waals surface area contributed by atoms with Crippen LogP contribution in [-0.2, 0) is 16.2 Å². The van der Waals surface area contributed by atoms with E-state index in [0.717, 1.165) is 16.3 Å². The topological polar surface area (TPSA) is 106 Å². The zero-order valence-corrected chi connectivity index (χ0v) is 19.3. The first-order chi connectivity index (χ1) is 15.9. The monoisotopic (exact) mass is 477 g/mol. The number of thiophene rings is 1. The van der Waals surface area contributed by atoms with Crippen molar-refractivity contribution in [1.29, 1.82) is 0 Å². The average Bonchev–Trinajstić information content (AvgIpc) is 3.44. The molecule has 2 aromatic heterocycles. The Kier molecular flexibility index (Phi) is 5.79. The van der Waals surface area contributed by atoms with E-state index in [1.54, 1.807) is 23.3 Å². The minimum atomic E-state index is -1.84. The molecule has 1 amide bonds. The van der Waals surface area contributed by atoms with Crippen molar-refractivity contribution in [2.24, 2.45) is 0 Å². The van der Waals surface area contributed by atoms with Crippen LogP contribution in [0.1, 0.15) is 36.3 Å². The fraction of sp³-hybridized carbons (Fsp3) is 0.545. The molecule has 0 atom stereocenters. The highest BCUT2D eigenvalue weighted by atomic mass is 32.1. The van der Waals surface area contributed by atoms with Gasteiger partial charge in [-0.25, -0.2) is 4.39 Å². The van der Waals surface area contributed by atoms with Gasteiger partial charge in [0.15, 0.2) is 5.67 Å². The summed E-state index contributed by atoms with van der Waals surface area (Å²) in [6.07, 6.45) is 5.07. The molecule has 3 N–H and O–H groups in total. The molecule has 3 aliphatic rings. The van der Waals surface area contributed by atoms with Crippen molar-refractivity contribution in [3.63, 3.8) is 0 Å². The highest BCUT2D eigenvalue weighted by Crippen LogP contribution is 2.43. The van der Waals surface area contributed by atoms with E-state index in [9.17, 15) is 4.79 Å². The Hall–Kier alpha value is -2.63. The van der Waals surface area contributed by atoms with Gasteiger partial charge in [-0.1, -0.05) is 0 Å². The van der Waals surface area contributed by atoms with Gasteiger partial charge in [-0.3, -0.25) is 20.0 Å². The lowest BCUT2D eigenvalue weighted by Crippen LogP contribution is -2.56. The van der Waals surface area contributed by atoms with Crippen LogP contribution >= 0.6 is 11.3 Å². The lowest BCUT2D eigenvalue weighted by molar-refractivity contribution is -0.150. The van der Waals surface area contributed by atoms with Crippen LogP contribution in [0.25, 0.3) is 5.70 Å². The Balaban J connectivity index is 1.19. The number of likely N-dealkylation sites (tertiary alicyclic amines) is 2. The summed E-state index contributed by atoms with van der Waals surface area (Å²) in [7, 11) is 1.57. The second-order valence-corrected chi connectivity index (χ2v) is 9.77. The van der Waals surface area contributed by atoms with Gasteiger partial charge in [-0.15, -0.1) is 11.3 Å². The Morgan fingerprint density at radius 3 is 2.73 bits per heavy atom. The summed E-state index contributed by atoms with van der Waals surface area (Å²) in [6, 6.07) is 2.07. The second-order valence-electron chi connectivity index (χ2n) is 8.86. The number of hydrogen-bond donors (Lipinski definition) is 2. The molecule has 9 nitrogen and oxygen atoms in total. The number of nitrogens with one attached hydrogen (secondary N) is 1. The molecular weight excluding hydrogens is 449 g/mol. The van der Waals surface area contributed by atoms with E-state index in [1.807, 2.05) is 17.5 Å². The zero-order valence-electron chi connectivity index (χ0n) is 18.5. The first-order valence-corrected chi connectivity index (χ1v) is 12.0. The maximum atomic E-state index is 15.7. The van der Waals surface area contributed by atoms with E-state index in [4.69, 9.17) is 19.7 Å². The number of nitrogens with zero attached hydrogens (tertiary/aromatic N) is 3. The summed E-state index contributed by atoms with van der Waals surface area (Å²) >= 11 is 1.58. The maximum absolute atomic E-state index is 15.7. The minimum absolute atomic E-state index is 0.122. The molecular formula is C22H28FN5O4S. The predicted molar refractivity (Wildman–Crippen MR) is 121 cm³/mol. The number of ether oxygens (including phenoxy) is 1. The molecule has 2 saturated heterocycles. The van der Waals surface area contributed by atoms with E-state index in [2.05, 4.69) is 15.4 Å². The number of aromatic nitrogens is 1. The molecule has 11 heteroatoms. The molecule has 5 rings (SSSR count). The van der Waals surface area contributed by atoms with Gasteiger partial charge in [0.1, 0.15) is 17.6 Å². The first-order valence-electron chi connectivity index (χ1n) is 11.1. The van der Waals surface area contributed by atoms with Crippen LogP contribution in [0.2, 0.25) is 0 Å². The molecule has 1 spiro atoms. The summed E-state index contributed by atoms with van der Waals surface area (Å²) in [5.74, 6) is 0.402. The zero-order chi connectivity index (χ0) is 23.1. The van der Waals surface area contributed by atoms with E-state index in [-0.39, 0.29) is 18.9 Å². The molecule has 5 heterocycles. The van der Waals surface area contributed by atoms with E-state index in [0.29, 0.717) is 51.3 Å². The van der Waals surface area contributed by atoms with Gasteiger partial charge in [-0.2, -0.15) is 4.98 Å². The number of rotatable bonds is 5. The number of carbonyl (C=O) groups excluding carboxylic acids is 1. The standard InChI is InChI=1S/C22H28FN5O4S/c1-30-26-16-12-21(32-17-2-11-33-18(16)17)3-9-28(10-4-21)19(29)22(23)5-7-27(8-6-22)13-15-14-31-20(24)25-15/h2,11-12,14,26H,3-10,13H2,1H3,(H2,24,25). The van der Waals surface area contributed by atoms with Gasteiger partial charge in [0.2, 0.25) is 0 Å². The number of nitrogen functional groups attached to an aromatic ring is 1. The molecule has 2 aromatic rings. The van der Waals surface area contributed by atoms with Crippen molar-refractivity contribution in [3.05, 3.63) is 34.4 Å². The molecule has 0 bridgehead atoms. The van der Waals surface area contributed by atoms with Gasteiger partial charge < -0.3 is 19.8 Å². The van der Waals surface area contributed by atoms with Gasteiger partial charge in [0, 0.05) is 58.4 Å². The van der Waals surface area contributed by atoms with Crippen LogP contribution in [-0.4, -0.2) is 65.2 Å². The van der Waals surface area contributed by atoms with Crippen molar-refractivity contribution >= 4 is 29.0 Å². The number of alkyl halides is 1. The van der Waals surface area contributed by atoms with Crippen LogP contribution in [0.15, 0.2) is 28.2 Å². The quantitative estimate of drug-likeness (QED) is 0.633. The molecule has 0 saturated carbocycles. The Labute approximate surface area is 195 Å². The van der Waals surface area contributed by atoms with Gasteiger partial charge in [-0.05, 0) is 17.5 Å². The maximum Gasteiger partial charge on any atom is 0.292 e. The Morgan fingerprint density at radius 2 is 2.06 bits per heavy atom. The number of fused-ring (bicyclic) bond motifs is 1. The number of halogens is 1. The third-order valence-corrected chi connectivity index (χ3v) is 7.62. The van der Waals surface area contributed by atoms with E-state index in [1.165, 1.54) is 6.26 Å². The predicted octanol–water partition coefficient (Wildman–Crippen LogP) is 2.57. The highest BCUT2D eigenvalue weighted by Gasteiger charge is 2.47. The van der Waals surface area contributed by atoms with Gasteiger partial charge >= 0.3 is 0 Å². The summed E-state index contributed by atoms with van der Waals surface area (Å²) in [5, 5.41) is 1.98. The number of hydroxylamine groups is 1. The molecule has 0 aliphatic carbocycles. The fourth-order valence-electron chi connectivity index (χ4n) is 4.86. The Bertz CT molecular complexity index is 1040. The molecule has 3 aliphatic heterocycles. The van der Waals surface area contributed by atoms with Gasteiger partial charge in [0.25, 0.3) is 11.9 Å². The molecule has 0 unspecified atom stereocenters. The number of amides is 1. The van der Waals surface area contributed by atoms with Crippen LogP contribution in [0.4, 0.5) is 10.4 Å². The van der Waals surface area contributed by atoms with Gasteiger partial charge in [0.05, 0.1) is 23.4 Å². The van der Waals surface area contributed by atoms with Crippen molar-refractivity contribution in [2.45, 2.75) is 43.5 Å². The van der Waals surface area contributed by atoms with Crippen LogP contribution in [0.5, 0.6) is 5.75 Å². The molecule has 0 aromatic carbocycles. The van der Waals surface area contributed by atoms with Crippen molar-refractivity contribution in [1.82, 2.24) is 20.3 Å². The van der Waals surface area contributed by atoms with E-state index < -0.39 is 17.2 Å². The number of anilines is 1. The summed E-state index contributed by atoms with van der Waals surface area (Å²) in [5.41, 5.74) is 7.67. The van der Waals surface area contributed by atoms with Crippen molar-refractivity contribution in [3.8, 4) is 5.75 Å². The van der Waals surface area contributed by atoms with Crippen molar-refractivity contribution < 1.29 is 23.2 Å². The third-order valence-electron chi connectivity index (χ3n) is 6.69. The van der Waals surface area contributed by atoms with Crippen molar-refractivity contribution in [2.75, 3.05) is 39.0 Å². The summed E-state index contributed by atoms with van der Waals surface area (Å²) in [4.78, 5) is 27.1. The number of hydrogen-bond acceptors (Lipinski definition) is 9. The van der Waals surface area contributed by atoms with E-state index >= 15 is 4.39 Å². The Morgan fingerprint density at radius 1 is 1.30 bits per heavy atom. The highest BCUT2D eigenvalue weighted by molar-refractivity contribution is 7.11. The van der Waals surface area contributed by atoms with Crippen LogP contribution in [0.3, 0.4) is 0 Å². The van der Waals surface area contributed by atoms with Crippen LogP contribution < -0.4 is 16.0 Å². The summed E-state index contributed by atoms with van der Waals surface area (Å²) < 4.78 is 27.0. The molecule has 178 valence electrons. The number of piperidine rings is 2. The van der Waals surface area contributed by atoms with Crippen LogP contribution in [0, 0.1) is 0 Å². The second kappa shape index (κ2) is 8.62. The normalized spacial score (nSPS) is 21.9. The lowest BCUT2D eigenvalue weighted by atomic mass is 9.86. The molecule has 2 fully saturated rings. The summed E-state index contributed by atoms with van der Waals surface area (Å²) in [6.45, 7) is 2.38. The minimum Gasteiger partial charge on any atom is -0.481 e. The first kappa shape index (κ1) is 22.2. The molecule has 33 heavy (non-hydrogen) atoms. The number of oxazole rings is 1. The SMILES string of the molecule is CONC1=CC2(CCN(C(=O)C3(F)CCN(Cc4coc(N)n4)CC3)CC2)Oc2ccsc21. The fourth-order valence-corrected chi connectivity index (χ4v) is 5.64. The molecule has 0 radical (unpaired) electrons. The number of carbonyl (C=O) groups is 1. The lowest BCUT2D eigenvalue weighted by Gasteiger charge is -2.44. The largest absolute Gasteiger partial charge is 0.481 e. The number of nitrogens with two attached hydrogens (primary N) is 1. The smallest absolute Gasteiger partial charge is 0.292 e. The average molecular weight is 478 g/mol. The third kappa shape index (κ3) is 4.32.